The lowest BCUT2D eigenvalue weighted by atomic mass is 9.94. The number of carbonyl (C=O) groups excluding carboxylic acids is 1. The van der Waals surface area contributed by atoms with Crippen LogP contribution in [0.1, 0.15) is 12.5 Å². The van der Waals surface area contributed by atoms with Crippen molar-refractivity contribution in [2.75, 3.05) is 26.3 Å². The molecular weight excluding hydrogens is 313 g/mol. The molecule has 6 heteroatoms. The van der Waals surface area contributed by atoms with Crippen LogP contribution in [0.2, 0.25) is 0 Å². The second kappa shape index (κ2) is 7.90. The van der Waals surface area contributed by atoms with Crippen molar-refractivity contribution in [3.05, 3.63) is 59.9 Å². The first-order chi connectivity index (χ1) is 11.5. The van der Waals surface area contributed by atoms with Gasteiger partial charge in [-0.15, -0.1) is 0 Å². The first-order valence-electron chi connectivity index (χ1n) is 7.34. The molecule has 2 aromatic carbocycles. The Morgan fingerprint density at radius 2 is 1.79 bits per heavy atom. The molecule has 2 rings (SSSR count). The highest BCUT2D eigenvalue weighted by molar-refractivity contribution is 5.97. The third-order valence-corrected chi connectivity index (χ3v) is 3.68. The van der Waals surface area contributed by atoms with Crippen molar-refractivity contribution in [2.45, 2.75) is 12.5 Å². The Labute approximate surface area is 140 Å². The number of nitrogens with one attached hydrogen (secondary N) is 1. The van der Waals surface area contributed by atoms with Crippen molar-refractivity contribution in [2.24, 2.45) is 0 Å². The molecular formula is C18H20FNO4. The van der Waals surface area contributed by atoms with Crippen LogP contribution in [-0.2, 0) is 19.9 Å². The minimum Gasteiger partial charge on any atom is -0.468 e. The van der Waals surface area contributed by atoms with Crippen LogP contribution in [0, 0.1) is 5.82 Å². The number of halogens is 1. The summed E-state index contributed by atoms with van der Waals surface area (Å²) in [5, 5.41) is 2.73. The first-order valence-corrected chi connectivity index (χ1v) is 7.34. The van der Waals surface area contributed by atoms with Crippen molar-refractivity contribution < 1.29 is 23.4 Å². The fourth-order valence-electron chi connectivity index (χ4n) is 2.18. The van der Waals surface area contributed by atoms with Crippen LogP contribution in [0.15, 0.2) is 48.5 Å². The van der Waals surface area contributed by atoms with Crippen molar-refractivity contribution in [1.29, 1.82) is 0 Å². The molecule has 24 heavy (non-hydrogen) atoms. The lowest BCUT2D eigenvalue weighted by Crippen LogP contribution is -2.40. The van der Waals surface area contributed by atoms with Gasteiger partial charge in [0.05, 0.1) is 0 Å². The van der Waals surface area contributed by atoms with Crippen molar-refractivity contribution >= 4 is 11.6 Å². The molecule has 0 radical (unpaired) electrons. The van der Waals surface area contributed by atoms with Crippen LogP contribution < -0.4 is 10.1 Å². The summed E-state index contributed by atoms with van der Waals surface area (Å²) in [4.78, 5) is 12.6. The minimum absolute atomic E-state index is 0.140. The van der Waals surface area contributed by atoms with Crippen molar-refractivity contribution in [3.8, 4) is 5.75 Å². The van der Waals surface area contributed by atoms with E-state index in [1.54, 1.807) is 36.4 Å². The van der Waals surface area contributed by atoms with E-state index in [0.29, 0.717) is 11.4 Å². The number of hydrogen-bond donors (Lipinski definition) is 1. The van der Waals surface area contributed by atoms with Gasteiger partial charge in [-0.3, -0.25) is 4.79 Å². The van der Waals surface area contributed by atoms with Gasteiger partial charge in [-0.1, -0.05) is 18.2 Å². The maximum absolute atomic E-state index is 14.1. The molecule has 0 aromatic heterocycles. The summed E-state index contributed by atoms with van der Waals surface area (Å²) in [6.45, 7) is 1.66. The Hall–Kier alpha value is -2.44. The summed E-state index contributed by atoms with van der Waals surface area (Å²) in [6, 6.07) is 12.8. The molecule has 0 spiro atoms. The Morgan fingerprint density at radius 3 is 2.38 bits per heavy atom. The van der Waals surface area contributed by atoms with Crippen molar-refractivity contribution in [1.82, 2.24) is 0 Å². The number of ether oxygens (including phenoxy) is 3. The summed E-state index contributed by atoms with van der Waals surface area (Å²) in [5.41, 5.74) is -0.731. The van der Waals surface area contributed by atoms with Gasteiger partial charge in [0.25, 0.3) is 5.91 Å². The van der Waals surface area contributed by atoms with Crippen LogP contribution in [0.5, 0.6) is 5.75 Å². The van der Waals surface area contributed by atoms with Gasteiger partial charge in [0.1, 0.15) is 11.6 Å². The molecule has 0 fully saturated rings. The van der Waals surface area contributed by atoms with Crippen LogP contribution in [0.3, 0.4) is 0 Å². The van der Waals surface area contributed by atoms with Crippen LogP contribution in [0.25, 0.3) is 0 Å². The zero-order valence-electron chi connectivity index (χ0n) is 13.8. The van der Waals surface area contributed by atoms with Gasteiger partial charge in [-0.05, 0) is 37.3 Å². The standard InChI is InChI=1S/C18H20FNO4/c1-18(23-3,15-6-4-5-7-16(15)19)17(21)20-13-8-10-14(11-9-13)24-12-22-2/h4-11H,12H2,1-3H3,(H,20,21). The van der Waals surface area contributed by atoms with Gasteiger partial charge in [0.15, 0.2) is 12.4 Å². The van der Waals surface area contributed by atoms with Crippen molar-refractivity contribution in [3.63, 3.8) is 0 Å². The van der Waals surface area contributed by atoms with E-state index in [-0.39, 0.29) is 12.4 Å². The van der Waals surface area contributed by atoms with Gasteiger partial charge >= 0.3 is 0 Å². The molecule has 0 bridgehead atoms. The van der Waals surface area contributed by atoms with E-state index in [2.05, 4.69) is 5.32 Å². The molecule has 0 saturated heterocycles. The zero-order valence-corrected chi connectivity index (χ0v) is 13.8. The Morgan fingerprint density at radius 1 is 1.12 bits per heavy atom. The molecule has 0 heterocycles. The van der Waals surface area contributed by atoms with E-state index < -0.39 is 17.3 Å². The van der Waals surface area contributed by atoms with Crippen LogP contribution >= 0.6 is 0 Å². The molecule has 0 aliphatic heterocycles. The quantitative estimate of drug-likeness (QED) is 0.790. The topological polar surface area (TPSA) is 56.8 Å². The summed E-state index contributed by atoms with van der Waals surface area (Å²) < 4.78 is 29.5. The van der Waals surface area contributed by atoms with E-state index in [1.807, 2.05) is 0 Å². The predicted molar refractivity (Wildman–Crippen MR) is 88.3 cm³/mol. The second-order valence-electron chi connectivity index (χ2n) is 5.25. The number of rotatable bonds is 7. The van der Waals surface area contributed by atoms with E-state index in [0.717, 1.165) is 0 Å². The monoisotopic (exact) mass is 333 g/mol. The first kappa shape index (κ1) is 17.9. The third-order valence-electron chi connectivity index (χ3n) is 3.68. The highest BCUT2D eigenvalue weighted by atomic mass is 19.1. The smallest absolute Gasteiger partial charge is 0.261 e. The SMILES string of the molecule is COCOc1ccc(NC(=O)C(C)(OC)c2ccccc2F)cc1. The number of carbonyl (C=O) groups is 1. The fraction of sp³-hybridized carbons (Fsp3) is 0.278. The van der Waals surface area contributed by atoms with E-state index in [9.17, 15) is 9.18 Å². The normalized spacial score (nSPS) is 13.2. The zero-order chi connectivity index (χ0) is 17.6. The molecule has 1 atom stereocenters. The predicted octanol–water partition coefficient (Wildman–Crippen LogP) is 3.31. The molecule has 5 nitrogen and oxygen atoms in total. The van der Waals surface area contributed by atoms with Gasteiger partial charge < -0.3 is 19.5 Å². The average Bonchev–Trinajstić information content (AvgIpc) is 2.60. The summed E-state index contributed by atoms with van der Waals surface area (Å²) >= 11 is 0. The molecule has 0 aliphatic carbocycles. The van der Waals surface area contributed by atoms with E-state index in [4.69, 9.17) is 14.2 Å². The highest BCUT2D eigenvalue weighted by Crippen LogP contribution is 2.29. The van der Waals surface area contributed by atoms with Gasteiger partial charge in [-0.25, -0.2) is 4.39 Å². The molecule has 1 amide bonds. The largest absolute Gasteiger partial charge is 0.468 e. The molecule has 1 N–H and O–H groups in total. The molecule has 1 unspecified atom stereocenters. The maximum atomic E-state index is 14.1. The summed E-state index contributed by atoms with van der Waals surface area (Å²) in [6.07, 6.45) is 0. The fourth-order valence-corrected chi connectivity index (χ4v) is 2.18. The number of benzene rings is 2. The Kier molecular flexibility index (Phi) is 5.89. The summed E-state index contributed by atoms with van der Waals surface area (Å²) in [7, 11) is 2.90. The number of methoxy groups -OCH3 is 2. The Bertz CT molecular complexity index is 690. The maximum Gasteiger partial charge on any atom is 0.261 e. The second-order valence-corrected chi connectivity index (χ2v) is 5.25. The number of anilines is 1. The van der Waals surface area contributed by atoms with Gasteiger partial charge in [-0.2, -0.15) is 0 Å². The molecule has 128 valence electrons. The molecule has 0 aliphatic rings. The van der Waals surface area contributed by atoms with Gasteiger partial charge in [0.2, 0.25) is 0 Å². The van der Waals surface area contributed by atoms with E-state index >= 15 is 0 Å². The lowest BCUT2D eigenvalue weighted by molar-refractivity contribution is -0.137. The lowest BCUT2D eigenvalue weighted by Gasteiger charge is -2.27. The minimum atomic E-state index is -1.45. The molecule has 0 saturated carbocycles. The van der Waals surface area contributed by atoms with Crippen LogP contribution in [-0.4, -0.2) is 26.9 Å². The average molecular weight is 333 g/mol. The number of amides is 1. The van der Waals surface area contributed by atoms with E-state index in [1.165, 1.54) is 33.3 Å². The summed E-state index contributed by atoms with van der Waals surface area (Å²) in [5.74, 6) is -0.362. The molecule has 2 aromatic rings. The third kappa shape index (κ3) is 3.90. The van der Waals surface area contributed by atoms with Crippen LogP contribution in [0.4, 0.5) is 10.1 Å². The number of hydrogen-bond acceptors (Lipinski definition) is 4. The Balaban J connectivity index is 2.16. The highest BCUT2D eigenvalue weighted by Gasteiger charge is 2.37. The van der Waals surface area contributed by atoms with Gasteiger partial charge in [0, 0.05) is 25.5 Å².